The summed E-state index contributed by atoms with van der Waals surface area (Å²) in [6.45, 7) is 2.91. The fraction of sp³-hybridized carbons (Fsp3) is 0.250. The van der Waals surface area contributed by atoms with E-state index in [4.69, 9.17) is 28.9 Å². The maximum atomic E-state index is 6.02. The van der Waals surface area contributed by atoms with Gasteiger partial charge in [-0.05, 0) is 53.8 Å². The Hall–Kier alpha value is -1.02. The summed E-state index contributed by atoms with van der Waals surface area (Å²) in [6, 6.07) is 14.1. The Morgan fingerprint density at radius 2 is 1.53 bits per heavy atom. The zero-order valence-electron chi connectivity index (χ0n) is 10.9. The largest absolute Gasteiger partial charge is 0.330 e. The van der Waals surface area contributed by atoms with Gasteiger partial charge >= 0.3 is 0 Å². The number of rotatable bonds is 4. The Morgan fingerprint density at radius 1 is 0.947 bits per heavy atom. The molecule has 0 aliphatic heterocycles. The second-order valence-electron chi connectivity index (χ2n) is 4.76. The highest BCUT2D eigenvalue weighted by Crippen LogP contribution is 2.28. The second-order valence-corrected chi connectivity index (χ2v) is 5.63. The molecule has 0 fully saturated rings. The van der Waals surface area contributed by atoms with Crippen LogP contribution >= 0.6 is 23.2 Å². The number of benzene rings is 2. The van der Waals surface area contributed by atoms with Crippen molar-refractivity contribution in [2.24, 2.45) is 5.73 Å². The monoisotopic (exact) mass is 293 g/mol. The second kappa shape index (κ2) is 6.42. The zero-order valence-corrected chi connectivity index (χ0v) is 12.4. The zero-order chi connectivity index (χ0) is 13.8. The van der Waals surface area contributed by atoms with Crippen LogP contribution in [0.4, 0.5) is 0 Å². The van der Waals surface area contributed by atoms with Crippen molar-refractivity contribution < 1.29 is 0 Å². The van der Waals surface area contributed by atoms with Crippen molar-refractivity contribution >= 4 is 23.2 Å². The smallest absolute Gasteiger partial charge is 0.0426 e. The van der Waals surface area contributed by atoms with Crippen molar-refractivity contribution in [3.63, 3.8) is 0 Å². The fourth-order valence-electron chi connectivity index (χ4n) is 2.14. The third kappa shape index (κ3) is 3.73. The summed E-state index contributed by atoms with van der Waals surface area (Å²) in [5, 5.41) is 1.31. The summed E-state index contributed by atoms with van der Waals surface area (Å²) in [6.07, 6.45) is 1.00. The van der Waals surface area contributed by atoms with Crippen LogP contribution in [0.2, 0.25) is 10.0 Å². The first-order valence-corrected chi connectivity index (χ1v) is 7.12. The van der Waals surface area contributed by atoms with E-state index in [1.54, 1.807) is 6.07 Å². The first-order chi connectivity index (χ1) is 9.10. The predicted octanol–water partition coefficient (Wildman–Crippen LogP) is 5.11. The van der Waals surface area contributed by atoms with Crippen LogP contribution in [0, 0.1) is 0 Å². The van der Waals surface area contributed by atoms with Gasteiger partial charge in [0.05, 0.1) is 0 Å². The van der Waals surface area contributed by atoms with Crippen molar-refractivity contribution in [1.82, 2.24) is 0 Å². The lowest BCUT2D eigenvalue weighted by molar-refractivity contribution is 0.690. The van der Waals surface area contributed by atoms with Crippen molar-refractivity contribution in [1.29, 1.82) is 0 Å². The maximum Gasteiger partial charge on any atom is 0.0426 e. The van der Waals surface area contributed by atoms with Crippen LogP contribution < -0.4 is 5.73 Å². The fourth-order valence-corrected chi connectivity index (χ4v) is 2.67. The van der Waals surface area contributed by atoms with E-state index in [9.17, 15) is 0 Å². The molecule has 1 unspecified atom stereocenters. The highest BCUT2D eigenvalue weighted by atomic mass is 35.5. The minimum Gasteiger partial charge on any atom is -0.330 e. The molecule has 0 aromatic heterocycles. The normalized spacial score (nSPS) is 12.4. The number of hydrogen-bond donors (Lipinski definition) is 1. The Balaban J connectivity index is 2.27. The molecule has 0 heterocycles. The van der Waals surface area contributed by atoms with E-state index in [0.29, 0.717) is 22.5 Å². The van der Waals surface area contributed by atoms with Gasteiger partial charge in [-0.2, -0.15) is 0 Å². The van der Waals surface area contributed by atoms with Gasteiger partial charge in [0, 0.05) is 10.0 Å². The number of halogens is 2. The van der Waals surface area contributed by atoms with Crippen molar-refractivity contribution in [2.75, 3.05) is 6.54 Å². The van der Waals surface area contributed by atoms with Gasteiger partial charge in [0.15, 0.2) is 0 Å². The molecule has 0 aliphatic carbocycles. The molecule has 0 radical (unpaired) electrons. The summed E-state index contributed by atoms with van der Waals surface area (Å²) in [5.74, 6) is 0.488. The third-order valence-electron chi connectivity index (χ3n) is 3.28. The van der Waals surface area contributed by atoms with Gasteiger partial charge in [0.25, 0.3) is 0 Å². The summed E-state index contributed by atoms with van der Waals surface area (Å²) in [7, 11) is 0. The molecule has 2 aromatic rings. The topological polar surface area (TPSA) is 26.0 Å². The van der Waals surface area contributed by atoms with E-state index < -0.39 is 0 Å². The Kier molecular flexibility index (Phi) is 4.87. The van der Waals surface area contributed by atoms with Gasteiger partial charge in [-0.25, -0.2) is 0 Å². The molecular weight excluding hydrogens is 277 g/mol. The first-order valence-electron chi connectivity index (χ1n) is 6.36. The van der Waals surface area contributed by atoms with Crippen molar-refractivity contribution in [3.05, 3.63) is 58.1 Å². The number of nitrogens with two attached hydrogens (primary N) is 1. The average molecular weight is 294 g/mol. The molecule has 0 aliphatic rings. The van der Waals surface area contributed by atoms with Crippen LogP contribution in [-0.4, -0.2) is 6.54 Å². The summed E-state index contributed by atoms with van der Waals surface area (Å²) in [4.78, 5) is 0. The van der Waals surface area contributed by atoms with E-state index >= 15 is 0 Å². The maximum absolute atomic E-state index is 6.02. The van der Waals surface area contributed by atoms with Crippen LogP contribution in [0.15, 0.2) is 42.5 Å². The Labute approximate surface area is 124 Å². The molecule has 0 amide bonds. The summed E-state index contributed by atoms with van der Waals surface area (Å²) >= 11 is 12.0. The van der Waals surface area contributed by atoms with Gasteiger partial charge in [0.1, 0.15) is 0 Å². The van der Waals surface area contributed by atoms with Crippen LogP contribution in [0.5, 0.6) is 0 Å². The lowest BCUT2D eigenvalue weighted by Gasteiger charge is -2.11. The standard InChI is InChI=1S/C16H17Cl2N/c1-11(6-7-19)12-2-4-13(5-3-12)14-8-15(17)10-16(18)9-14/h2-5,8-11H,6-7,19H2,1H3. The molecule has 2 aromatic carbocycles. The van der Waals surface area contributed by atoms with Gasteiger partial charge in [0.2, 0.25) is 0 Å². The molecule has 0 saturated carbocycles. The van der Waals surface area contributed by atoms with Crippen molar-refractivity contribution in [2.45, 2.75) is 19.3 Å². The van der Waals surface area contributed by atoms with E-state index in [0.717, 1.165) is 17.5 Å². The van der Waals surface area contributed by atoms with Crippen LogP contribution in [0.25, 0.3) is 11.1 Å². The van der Waals surface area contributed by atoms with Gasteiger partial charge in [-0.15, -0.1) is 0 Å². The van der Waals surface area contributed by atoms with Crippen LogP contribution in [-0.2, 0) is 0 Å². The molecule has 2 rings (SSSR count). The van der Waals surface area contributed by atoms with Gasteiger partial charge in [-0.3, -0.25) is 0 Å². The van der Waals surface area contributed by atoms with Gasteiger partial charge in [-0.1, -0.05) is 54.4 Å². The third-order valence-corrected chi connectivity index (χ3v) is 3.71. The van der Waals surface area contributed by atoms with Crippen LogP contribution in [0.1, 0.15) is 24.8 Å². The SMILES string of the molecule is CC(CCN)c1ccc(-c2cc(Cl)cc(Cl)c2)cc1. The minimum atomic E-state index is 0.488. The summed E-state index contributed by atoms with van der Waals surface area (Å²) < 4.78 is 0. The molecule has 3 heteroatoms. The molecular formula is C16H17Cl2N. The molecule has 19 heavy (non-hydrogen) atoms. The van der Waals surface area contributed by atoms with E-state index in [1.807, 2.05) is 12.1 Å². The molecule has 1 nitrogen and oxygen atoms in total. The quantitative estimate of drug-likeness (QED) is 0.832. The van der Waals surface area contributed by atoms with Gasteiger partial charge < -0.3 is 5.73 Å². The van der Waals surface area contributed by atoms with E-state index in [1.165, 1.54) is 5.56 Å². The lowest BCUT2D eigenvalue weighted by Crippen LogP contribution is -2.04. The first kappa shape index (κ1) is 14.4. The Morgan fingerprint density at radius 3 is 2.05 bits per heavy atom. The summed E-state index contributed by atoms with van der Waals surface area (Å²) in [5.41, 5.74) is 9.06. The average Bonchev–Trinajstić information content (AvgIpc) is 2.38. The van der Waals surface area contributed by atoms with Crippen LogP contribution in [0.3, 0.4) is 0 Å². The van der Waals surface area contributed by atoms with E-state index in [2.05, 4.69) is 31.2 Å². The van der Waals surface area contributed by atoms with E-state index in [-0.39, 0.29) is 0 Å². The lowest BCUT2D eigenvalue weighted by atomic mass is 9.95. The molecule has 0 saturated heterocycles. The molecule has 1 atom stereocenters. The molecule has 2 N–H and O–H groups in total. The highest BCUT2D eigenvalue weighted by molar-refractivity contribution is 6.35. The number of hydrogen-bond acceptors (Lipinski definition) is 1. The minimum absolute atomic E-state index is 0.488. The molecule has 100 valence electrons. The predicted molar refractivity (Wildman–Crippen MR) is 84.0 cm³/mol. The molecule has 0 spiro atoms. The molecule has 0 bridgehead atoms. The highest BCUT2D eigenvalue weighted by Gasteiger charge is 2.06. The van der Waals surface area contributed by atoms with Crippen molar-refractivity contribution in [3.8, 4) is 11.1 Å². The Bertz CT molecular complexity index is 529.